The molecule has 1 atom stereocenters. The number of anilines is 2. The molecule has 1 aromatic rings. The largest absolute Gasteiger partial charge is 0.464 e. The van der Waals surface area contributed by atoms with Gasteiger partial charge in [0.2, 0.25) is 0 Å². The van der Waals surface area contributed by atoms with Crippen LogP contribution in [0.1, 0.15) is 10.5 Å². The Morgan fingerprint density at radius 3 is 3.16 bits per heavy atom. The van der Waals surface area contributed by atoms with Gasteiger partial charge >= 0.3 is 5.97 Å². The molecule has 0 bridgehead atoms. The van der Waals surface area contributed by atoms with Gasteiger partial charge in [-0.25, -0.2) is 9.78 Å². The molecule has 2 heterocycles. The van der Waals surface area contributed by atoms with Gasteiger partial charge in [0.05, 0.1) is 32.0 Å². The van der Waals surface area contributed by atoms with E-state index in [4.69, 9.17) is 15.7 Å². The van der Waals surface area contributed by atoms with E-state index in [0.29, 0.717) is 31.2 Å². The van der Waals surface area contributed by atoms with Crippen LogP contribution in [-0.2, 0) is 9.47 Å². The summed E-state index contributed by atoms with van der Waals surface area (Å²) in [6, 6.07) is 5.16. The Bertz CT molecular complexity index is 526. The summed E-state index contributed by atoms with van der Waals surface area (Å²) in [6.45, 7) is 1.36. The predicted octanol–water partition coefficient (Wildman–Crippen LogP) is 0.179. The lowest BCUT2D eigenvalue weighted by atomic mass is 10.2. The summed E-state index contributed by atoms with van der Waals surface area (Å²) in [6.07, 6.45) is -0.517. The average molecular weight is 262 g/mol. The van der Waals surface area contributed by atoms with Crippen LogP contribution >= 0.6 is 0 Å². The first-order chi connectivity index (χ1) is 9.15. The van der Waals surface area contributed by atoms with E-state index in [0.717, 1.165) is 0 Å². The first-order valence-corrected chi connectivity index (χ1v) is 5.76. The molecule has 1 fully saturated rings. The van der Waals surface area contributed by atoms with E-state index in [1.807, 2.05) is 11.0 Å². The lowest BCUT2D eigenvalue weighted by molar-refractivity contribution is 0.0594. The Morgan fingerprint density at radius 1 is 1.68 bits per heavy atom. The number of ether oxygens (including phenoxy) is 2. The zero-order valence-electron chi connectivity index (χ0n) is 10.5. The van der Waals surface area contributed by atoms with Crippen LogP contribution in [0, 0.1) is 11.3 Å². The van der Waals surface area contributed by atoms with Crippen LogP contribution in [0.4, 0.5) is 11.5 Å². The Kier molecular flexibility index (Phi) is 3.82. The number of hydrogen-bond donors (Lipinski definition) is 1. The van der Waals surface area contributed by atoms with Crippen molar-refractivity contribution in [1.29, 1.82) is 5.26 Å². The van der Waals surface area contributed by atoms with E-state index in [9.17, 15) is 4.79 Å². The predicted molar refractivity (Wildman–Crippen MR) is 67.6 cm³/mol. The molecule has 1 aromatic heterocycles. The number of nitrogens with zero attached hydrogens (tertiary/aromatic N) is 3. The quantitative estimate of drug-likeness (QED) is 0.758. The van der Waals surface area contributed by atoms with Crippen LogP contribution < -0.4 is 10.6 Å². The number of aromatic nitrogens is 1. The van der Waals surface area contributed by atoms with E-state index < -0.39 is 12.1 Å². The van der Waals surface area contributed by atoms with Crippen LogP contribution in [0.25, 0.3) is 0 Å². The molecule has 2 N–H and O–H groups in total. The second kappa shape index (κ2) is 5.54. The monoisotopic (exact) mass is 262 g/mol. The SMILES string of the molecule is COC(=O)c1ccc(N)c(N2CCOC(C#N)C2)n1. The number of rotatable bonds is 2. The van der Waals surface area contributed by atoms with Crippen molar-refractivity contribution in [1.82, 2.24) is 4.98 Å². The second-order valence-electron chi connectivity index (χ2n) is 4.04. The summed E-state index contributed by atoms with van der Waals surface area (Å²) < 4.78 is 9.88. The molecule has 19 heavy (non-hydrogen) atoms. The standard InChI is InChI=1S/C12H14N4O3/c1-18-12(17)10-3-2-9(14)11(15-10)16-4-5-19-8(6-13)7-16/h2-3,8H,4-5,7,14H2,1H3. The van der Waals surface area contributed by atoms with E-state index in [-0.39, 0.29) is 5.69 Å². The van der Waals surface area contributed by atoms with Gasteiger partial charge in [0.1, 0.15) is 0 Å². The molecule has 0 radical (unpaired) electrons. The van der Waals surface area contributed by atoms with Crippen molar-refractivity contribution in [2.75, 3.05) is 37.4 Å². The van der Waals surface area contributed by atoms with E-state index in [1.54, 1.807) is 6.07 Å². The lowest BCUT2D eigenvalue weighted by Gasteiger charge is -2.31. The Labute approximate surface area is 110 Å². The van der Waals surface area contributed by atoms with Gasteiger partial charge in [-0.05, 0) is 12.1 Å². The number of esters is 1. The lowest BCUT2D eigenvalue weighted by Crippen LogP contribution is -2.42. The van der Waals surface area contributed by atoms with E-state index in [1.165, 1.54) is 13.2 Å². The minimum Gasteiger partial charge on any atom is -0.464 e. The van der Waals surface area contributed by atoms with Crippen molar-refractivity contribution < 1.29 is 14.3 Å². The third-order valence-corrected chi connectivity index (χ3v) is 2.81. The van der Waals surface area contributed by atoms with E-state index in [2.05, 4.69) is 9.72 Å². The summed E-state index contributed by atoms with van der Waals surface area (Å²) in [7, 11) is 1.29. The van der Waals surface area contributed by atoms with Crippen molar-refractivity contribution in [3.8, 4) is 6.07 Å². The maximum Gasteiger partial charge on any atom is 0.356 e. The highest BCUT2D eigenvalue weighted by Gasteiger charge is 2.23. The van der Waals surface area contributed by atoms with Gasteiger partial charge in [-0.15, -0.1) is 0 Å². The fourth-order valence-corrected chi connectivity index (χ4v) is 1.85. The van der Waals surface area contributed by atoms with Gasteiger partial charge in [-0.2, -0.15) is 5.26 Å². The van der Waals surface area contributed by atoms with Crippen LogP contribution in [0.2, 0.25) is 0 Å². The molecule has 0 aromatic carbocycles. The molecule has 1 saturated heterocycles. The summed E-state index contributed by atoms with van der Waals surface area (Å²) >= 11 is 0. The zero-order valence-corrected chi connectivity index (χ0v) is 10.5. The first-order valence-electron chi connectivity index (χ1n) is 5.76. The van der Waals surface area contributed by atoms with Gasteiger partial charge in [0.25, 0.3) is 0 Å². The molecule has 1 aliphatic rings. The molecular weight excluding hydrogens is 248 g/mol. The normalized spacial score (nSPS) is 18.7. The molecule has 1 aliphatic heterocycles. The zero-order chi connectivity index (χ0) is 13.8. The third kappa shape index (κ3) is 2.74. The van der Waals surface area contributed by atoms with Crippen molar-refractivity contribution in [2.45, 2.75) is 6.10 Å². The summed E-state index contributed by atoms with van der Waals surface area (Å²) in [5.74, 6) is -0.0437. The number of carbonyl (C=O) groups excluding carboxylic acids is 1. The average Bonchev–Trinajstić information content (AvgIpc) is 2.47. The smallest absolute Gasteiger partial charge is 0.356 e. The minimum atomic E-state index is -0.522. The summed E-state index contributed by atoms with van der Waals surface area (Å²) in [5, 5.41) is 8.88. The molecule has 0 aliphatic carbocycles. The van der Waals surface area contributed by atoms with Crippen molar-refractivity contribution in [2.24, 2.45) is 0 Å². The van der Waals surface area contributed by atoms with Gasteiger partial charge < -0.3 is 20.1 Å². The summed E-state index contributed by atoms with van der Waals surface area (Å²) in [4.78, 5) is 17.5. The number of methoxy groups -OCH3 is 1. The summed E-state index contributed by atoms with van der Waals surface area (Å²) in [5.41, 5.74) is 6.51. The maximum absolute atomic E-state index is 11.5. The van der Waals surface area contributed by atoms with Crippen LogP contribution in [0.15, 0.2) is 12.1 Å². The highest BCUT2D eigenvalue weighted by atomic mass is 16.5. The number of morpholine rings is 1. The molecule has 7 nitrogen and oxygen atoms in total. The molecular formula is C12H14N4O3. The molecule has 0 spiro atoms. The number of nitrogens with two attached hydrogens (primary N) is 1. The van der Waals surface area contributed by atoms with Crippen LogP contribution in [0.5, 0.6) is 0 Å². The highest BCUT2D eigenvalue weighted by molar-refractivity contribution is 5.88. The number of nitrogen functional groups attached to an aromatic ring is 1. The molecule has 7 heteroatoms. The fourth-order valence-electron chi connectivity index (χ4n) is 1.85. The number of nitriles is 1. The molecule has 0 saturated carbocycles. The number of carbonyl (C=O) groups is 1. The van der Waals surface area contributed by atoms with Crippen molar-refractivity contribution in [3.05, 3.63) is 17.8 Å². The number of hydrogen-bond acceptors (Lipinski definition) is 7. The number of pyridine rings is 1. The van der Waals surface area contributed by atoms with Gasteiger partial charge in [-0.1, -0.05) is 0 Å². The maximum atomic E-state index is 11.5. The molecule has 0 amide bonds. The molecule has 1 unspecified atom stereocenters. The molecule has 100 valence electrons. The van der Waals surface area contributed by atoms with E-state index >= 15 is 0 Å². The Morgan fingerprint density at radius 2 is 2.47 bits per heavy atom. The Hall–Kier alpha value is -2.33. The van der Waals surface area contributed by atoms with Gasteiger partial charge in [0, 0.05) is 6.54 Å². The van der Waals surface area contributed by atoms with Gasteiger partial charge in [-0.3, -0.25) is 0 Å². The van der Waals surface area contributed by atoms with Crippen molar-refractivity contribution >= 4 is 17.5 Å². The van der Waals surface area contributed by atoms with Crippen LogP contribution in [0.3, 0.4) is 0 Å². The van der Waals surface area contributed by atoms with Crippen molar-refractivity contribution in [3.63, 3.8) is 0 Å². The minimum absolute atomic E-state index is 0.187. The third-order valence-electron chi connectivity index (χ3n) is 2.81. The Balaban J connectivity index is 2.28. The second-order valence-corrected chi connectivity index (χ2v) is 4.04. The first kappa shape index (κ1) is 13.1. The highest BCUT2D eigenvalue weighted by Crippen LogP contribution is 2.23. The van der Waals surface area contributed by atoms with Crippen LogP contribution in [-0.4, -0.2) is 43.9 Å². The molecule has 2 rings (SSSR count). The van der Waals surface area contributed by atoms with Gasteiger partial charge in [0.15, 0.2) is 17.6 Å². The fraction of sp³-hybridized carbons (Fsp3) is 0.417. The topological polar surface area (TPSA) is 101 Å².